The van der Waals surface area contributed by atoms with E-state index in [1.54, 1.807) is 18.5 Å². The first kappa shape index (κ1) is 24.2. The molecule has 7 heteroatoms. The molecule has 0 atom stereocenters. The average molecular weight is 461 g/mol. The minimum absolute atomic E-state index is 0.0368. The van der Waals surface area contributed by atoms with E-state index in [4.69, 9.17) is 0 Å². The highest BCUT2D eigenvalue weighted by Crippen LogP contribution is 2.30. The minimum atomic E-state index is 0.0368. The lowest BCUT2D eigenvalue weighted by atomic mass is 9.81. The molecule has 0 radical (unpaired) electrons. The van der Waals surface area contributed by atoms with E-state index in [2.05, 4.69) is 43.7 Å². The standard InChI is InChI=1S/C27H36N6O/c1-4-12-28-24(5-2)22-10-11-23-18-29-27(30-25(23)17-22)31-26(34)21-8-6-20(7-9-21)19-33-15-13-32(3)14-16-33/h4-5,10-12,17-18,20-21H,2,6-9,13-16,19H2,1,3H3,(H,29,30,31,34)/b12-4-,28-24+. The first-order valence-corrected chi connectivity index (χ1v) is 12.4. The van der Waals surface area contributed by atoms with Gasteiger partial charge in [0.25, 0.3) is 0 Å². The Kier molecular flexibility index (Phi) is 8.19. The van der Waals surface area contributed by atoms with Gasteiger partial charge in [-0.15, -0.1) is 0 Å². The van der Waals surface area contributed by atoms with E-state index in [1.807, 2.05) is 31.2 Å². The molecule has 1 aliphatic carbocycles. The highest BCUT2D eigenvalue weighted by atomic mass is 16.2. The quantitative estimate of drug-likeness (QED) is 0.629. The third-order valence-electron chi connectivity index (χ3n) is 7.00. The van der Waals surface area contributed by atoms with E-state index >= 15 is 0 Å². The van der Waals surface area contributed by atoms with Crippen LogP contribution >= 0.6 is 0 Å². The summed E-state index contributed by atoms with van der Waals surface area (Å²) >= 11 is 0. The molecule has 1 amide bonds. The maximum atomic E-state index is 12.9. The Labute approximate surface area is 202 Å². The Morgan fingerprint density at radius 3 is 2.68 bits per heavy atom. The number of fused-ring (bicyclic) bond motifs is 1. The number of hydrogen-bond donors (Lipinski definition) is 1. The topological polar surface area (TPSA) is 73.7 Å². The summed E-state index contributed by atoms with van der Waals surface area (Å²) in [5, 5.41) is 3.88. The van der Waals surface area contributed by atoms with E-state index in [0.29, 0.717) is 11.9 Å². The van der Waals surface area contributed by atoms with Gasteiger partial charge in [0.2, 0.25) is 11.9 Å². The zero-order valence-electron chi connectivity index (χ0n) is 20.4. The fourth-order valence-corrected chi connectivity index (χ4v) is 4.86. The van der Waals surface area contributed by atoms with Crippen LogP contribution in [0.1, 0.15) is 38.2 Å². The molecule has 2 aromatic rings. The molecular formula is C27H36N6O. The molecule has 7 nitrogen and oxygen atoms in total. The molecule has 34 heavy (non-hydrogen) atoms. The molecule has 2 heterocycles. The summed E-state index contributed by atoms with van der Waals surface area (Å²) in [7, 11) is 2.19. The van der Waals surface area contributed by atoms with E-state index in [1.165, 1.54) is 6.54 Å². The van der Waals surface area contributed by atoms with E-state index in [-0.39, 0.29) is 11.8 Å². The third-order valence-corrected chi connectivity index (χ3v) is 7.00. The molecule has 1 saturated heterocycles. The van der Waals surface area contributed by atoms with Gasteiger partial charge in [-0.25, -0.2) is 9.97 Å². The molecule has 0 unspecified atom stereocenters. The molecule has 4 rings (SSSR count). The molecule has 0 bridgehead atoms. The number of hydrogen-bond acceptors (Lipinski definition) is 6. The van der Waals surface area contributed by atoms with Gasteiger partial charge < -0.3 is 9.80 Å². The summed E-state index contributed by atoms with van der Waals surface area (Å²) in [5.41, 5.74) is 2.47. The van der Waals surface area contributed by atoms with Crippen molar-refractivity contribution in [1.29, 1.82) is 0 Å². The van der Waals surface area contributed by atoms with Crippen LogP contribution in [0.2, 0.25) is 0 Å². The number of anilines is 1. The van der Waals surface area contributed by atoms with Gasteiger partial charge >= 0.3 is 0 Å². The van der Waals surface area contributed by atoms with Gasteiger partial charge in [0.15, 0.2) is 0 Å². The predicted octanol–water partition coefficient (Wildman–Crippen LogP) is 4.13. The molecule has 1 saturated carbocycles. The molecule has 1 N–H and O–H groups in total. The summed E-state index contributed by atoms with van der Waals surface area (Å²) in [6.07, 6.45) is 11.2. The smallest absolute Gasteiger partial charge is 0.229 e. The second-order valence-corrected chi connectivity index (χ2v) is 9.48. The summed E-state index contributed by atoms with van der Waals surface area (Å²) in [5.74, 6) is 1.13. The van der Waals surface area contributed by atoms with Crippen molar-refractivity contribution in [2.45, 2.75) is 32.6 Å². The number of aromatic nitrogens is 2. The van der Waals surface area contributed by atoms with Gasteiger partial charge in [-0.2, -0.15) is 0 Å². The number of likely N-dealkylation sites (N-methyl/N-ethyl adjacent to an activating group) is 1. The van der Waals surface area contributed by atoms with Crippen molar-refractivity contribution in [2.24, 2.45) is 16.8 Å². The lowest BCUT2D eigenvalue weighted by molar-refractivity contribution is -0.121. The minimum Gasteiger partial charge on any atom is -0.304 e. The van der Waals surface area contributed by atoms with Gasteiger partial charge in [-0.05, 0) is 57.7 Å². The zero-order valence-corrected chi connectivity index (χ0v) is 20.4. The van der Waals surface area contributed by atoms with Crippen LogP contribution in [-0.4, -0.2) is 71.2 Å². The number of piperazine rings is 1. The van der Waals surface area contributed by atoms with Crippen molar-refractivity contribution < 1.29 is 4.79 Å². The number of nitrogens with zero attached hydrogens (tertiary/aromatic N) is 5. The van der Waals surface area contributed by atoms with Crippen molar-refractivity contribution in [3.63, 3.8) is 0 Å². The van der Waals surface area contributed by atoms with Crippen LogP contribution in [0.4, 0.5) is 5.95 Å². The Bertz CT molecular complexity index is 1060. The van der Waals surface area contributed by atoms with Crippen LogP contribution in [0.3, 0.4) is 0 Å². The fourth-order valence-electron chi connectivity index (χ4n) is 4.86. The first-order valence-electron chi connectivity index (χ1n) is 12.4. The Morgan fingerprint density at radius 2 is 1.97 bits per heavy atom. The van der Waals surface area contributed by atoms with Gasteiger partial charge in [0.1, 0.15) is 0 Å². The lowest BCUT2D eigenvalue weighted by Gasteiger charge is -2.36. The van der Waals surface area contributed by atoms with Gasteiger partial charge in [-0.1, -0.05) is 24.8 Å². The van der Waals surface area contributed by atoms with E-state index in [0.717, 1.165) is 74.0 Å². The van der Waals surface area contributed by atoms with Crippen LogP contribution in [0, 0.1) is 11.8 Å². The largest absolute Gasteiger partial charge is 0.304 e. The van der Waals surface area contributed by atoms with Crippen molar-refractivity contribution in [1.82, 2.24) is 19.8 Å². The van der Waals surface area contributed by atoms with Crippen LogP contribution in [0.15, 0.2) is 54.3 Å². The fraction of sp³-hybridized carbons (Fsp3) is 0.481. The normalized spacial score (nSPS) is 22.8. The average Bonchev–Trinajstić information content (AvgIpc) is 2.86. The number of amides is 1. The molecule has 1 aromatic heterocycles. The van der Waals surface area contributed by atoms with Crippen LogP contribution in [0.5, 0.6) is 0 Å². The Balaban J connectivity index is 1.35. The lowest BCUT2D eigenvalue weighted by Crippen LogP contribution is -2.46. The molecular weight excluding hydrogens is 424 g/mol. The zero-order chi connectivity index (χ0) is 23.9. The second-order valence-electron chi connectivity index (χ2n) is 9.48. The second kappa shape index (κ2) is 11.5. The predicted molar refractivity (Wildman–Crippen MR) is 139 cm³/mol. The summed E-state index contributed by atoms with van der Waals surface area (Å²) in [6, 6.07) is 5.90. The number of allylic oxidation sites excluding steroid dienone is 2. The summed E-state index contributed by atoms with van der Waals surface area (Å²) in [4.78, 5) is 31.3. The molecule has 180 valence electrons. The first-order chi connectivity index (χ1) is 16.6. The van der Waals surface area contributed by atoms with Crippen LogP contribution in [0.25, 0.3) is 10.9 Å². The van der Waals surface area contributed by atoms with E-state index < -0.39 is 0 Å². The molecule has 2 fully saturated rings. The molecule has 2 aliphatic rings. The molecule has 1 aromatic carbocycles. The SMILES string of the molecule is C=C/C(=N\C=C/C)c1ccc2cnc(NC(=O)C3CCC(CN4CCN(C)CC4)CC3)nc2c1. The summed E-state index contributed by atoms with van der Waals surface area (Å²) < 4.78 is 0. The monoisotopic (exact) mass is 460 g/mol. The van der Waals surface area contributed by atoms with E-state index in [9.17, 15) is 4.79 Å². The van der Waals surface area contributed by atoms with Crippen molar-refractivity contribution in [3.8, 4) is 0 Å². The number of carbonyl (C=O) groups excluding carboxylic acids is 1. The van der Waals surface area contributed by atoms with Crippen molar-refractivity contribution in [2.75, 3.05) is 45.1 Å². The van der Waals surface area contributed by atoms with Crippen LogP contribution in [-0.2, 0) is 4.79 Å². The number of nitrogens with one attached hydrogen (secondary N) is 1. The number of aliphatic imine (C=N–C) groups is 1. The molecule has 1 aliphatic heterocycles. The number of benzene rings is 1. The number of rotatable bonds is 7. The highest BCUT2D eigenvalue weighted by molar-refractivity contribution is 6.10. The summed E-state index contributed by atoms with van der Waals surface area (Å²) in [6.45, 7) is 11.6. The Morgan fingerprint density at radius 1 is 1.21 bits per heavy atom. The Hall–Kier alpha value is -2.90. The maximum Gasteiger partial charge on any atom is 0.229 e. The van der Waals surface area contributed by atoms with Gasteiger partial charge in [0.05, 0.1) is 11.2 Å². The van der Waals surface area contributed by atoms with Gasteiger partial charge in [-0.3, -0.25) is 15.1 Å². The molecule has 0 spiro atoms. The maximum absolute atomic E-state index is 12.9. The highest BCUT2D eigenvalue weighted by Gasteiger charge is 2.28. The third kappa shape index (κ3) is 6.15. The van der Waals surface area contributed by atoms with Crippen LogP contribution < -0.4 is 5.32 Å². The van der Waals surface area contributed by atoms with Crippen molar-refractivity contribution in [3.05, 3.63) is 54.9 Å². The van der Waals surface area contributed by atoms with Gasteiger partial charge in [0, 0.05) is 62.0 Å². The number of carbonyl (C=O) groups is 1. The van der Waals surface area contributed by atoms with Crippen molar-refractivity contribution >= 4 is 28.5 Å².